The quantitative estimate of drug-likeness (QED) is 0.820. The predicted molar refractivity (Wildman–Crippen MR) is 83.1 cm³/mol. The third-order valence-corrected chi connectivity index (χ3v) is 3.61. The summed E-state index contributed by atoms with van der Waals surface area (Å²) in [5.74, 6) is -1.76. The van der Waals surface area contributed by atoms with E-state index in [0.29, 0.717) is 18.0 Å². The molecule has 0 aliphatic rings. The molecule has 22 heavy (non-hydrogen) atoms. The number of aryl methyl sites for hydroxylation is 1. The number of hydrogen-bond donors (Lipinski definition) is 2. The molecule has 0 radical (unpaired) electrons. The fourth-order valence-electron chi connectivity index (χ4n) is 2.31. The molecule has 2 aromatic rings. The monoisotopic (exact) mass is 321 g/mol. The topological polar surface area (TPSA) is 79.5 Å². The second-order valence-corrected chi connectivity index (χ2v) is 5.34. The third kappa shape index (κ3) is 4.11. The number of nitrogens with zero attached hydrogens (tertiary/aromatic N) is 1. The highest BCUT2D eigenvalue weighted by Gasteiger charge is 2.12. The molecule has 2 rings (SSSR count). The van der Waals surface area contributed by atoms with Gasteiger partial charge >= 0.3 is 11.9 Å². The smallest absolute Gasteiger partial charge is 0.305 e. The van der Waals surface area contributed by atoms with Gasteiger partial charge in [0.2, 0.25) is 0 Å². The van der Waals surface area contributed by atoms with Crippen molar-refractivity contribution >= 4 is 23.5 Å². The first-order valence-electron chi connectivity index (χ1n) is 6.85. The van der Waals surface area contributed by atoms with E-state index in [2.05, 4.69) is 0 Å². The summed E-state index contributed by atoms with van der Waals surface area (Å²) in [6.45, 7) is 0.301. The second kappa shape index (κ2) is 7.13. The van der Waals surface area contributed by atoms with Crippen LogP contribution in [0.5, 0.6) is 0 Å². The summed E-state index contributed by atoms with van der Waals surface area (Å²) in [7, 11) is 0. The van der Waals surface area contributed by atoms with E-state index in [1.807, 2.05) is 28.8 Å². The summed E-state index contributed by atoms with van der Waals surface area (Å²) in [5, 5.41) is 18.3. The zero-order valence-electron chi connectivity index (χ0n) is 11.8. The molecule has 0 fully saturated rings. The molecule has 2 N–H and O–H groups in total. The molecular weight excluding hydrogens is 306 g/mol. The lowest BCUT2D eigenvalue weighted by atomic mass is 10.1. The zero-order chi connectivity index (χ0) is 16.1. The summed E-state index contributed by atoms with van der Waals surface area (Å²) in [6.07, 6.45) is 0.356. The van der Waals surface area contributed by atoms with E-state index in [1.165, 1.54) is 0 Å². The van der Waals surface area contributed by atoms with Gasteiger partial charge in [0, 0.05) is 23.0 Å². The maximum atomic E-state index is 10.8. The predicted octanol–water partition coefficient (Wildman–Crippen LogP) is 3.30. The van der Waals surface area contributed by atoms with Gasteiger partial charge in [0.05, 0.1) is 12.8 Å². The molecule has 0 aliphatic carbocycles. The summed E-state index contributed by atoms with van der Waals surface area (Å²) < 4.78 is 1.86. The Morgan fingerprint density at radius 2 is 1.59 bits per heavy atom. The lowest BCUT2D eigenvalue weighted by Gasteiger charge is -2.12. The molecule has 0 amide bonds. The van der Waals surface area contributed by atoms with E-state index in [1.54, 1.807) is 12.1 Å². The molecule has 0 unspecified atom stereocenters. The average Bonchev–Trinajstić information content (AvgIpc) is 2.86. The number of carboxylic acid groups (broad SMARTS) is 2. The van der Waals surface area contributed by atoms with Gasteiger partial charge in [0.15, 0.2) is 0 Å². The summed E-state index contributed by atoms with van der Waals surface area (Å²) >= 11 is 5.88. The molecule has 0 aliphatic heterocycles. The number of aliphatic carboxylic acids is 2. The lowest BCUT2D eigenvalue weighted by Crippen LogP contribution is -2.10. The van der Waals surface area contributed by atoms with Gasteiger partial charge in [0.1, 0.15) is 0 Å². The fourth-order valence-corrected chi connectivity index (χ4v) is 2.43. The van der Waals surface area contributed by atoms with E-state index < -0.39 is 11.9 Å². The van der Waals surface area contributed by atoms with Crippen molar-refractivity contribution in [1.82, 2.24) is 4.57 Å². The minimum atomic E-state index is -0.889. The Kier molecular flexibility index (Phi) is 5.22. The van der Waals surface area contributed by atoms with Crippen molar-refractivity contribution in [3.63, 3.8) is 0 Å². The van der Waals surface area contributed by atoms with Crippen LogP contribution in [0, 0.1) is 0 Å². The largest absolute Gasteiger partial charge is 0.481 e. The highest BCUT2D eigenvalue weighted by Crippen LogP contribution is 2.25. The zero-order valence-corrected chi connectivity index (χ0v) is 12.6. The van der Waals surface area contributed by atoms with Crippen LogP contribution in [0.3, 0.4) is 0 Å². The molecule has 0 atom stereocenters. The van der Waals surface area contributed by atoms with Gasteiger partial charge in [-0.15, -0.1) is 0 Å². The van der Waals surface area contributed by atoms with Crippen LogP contribution in [0.15, 0.2) is 36.4 Å². The number of carboxylic acids is 2. The number of hydrogen-bond acceptors (Lipinski definition) is 2. The minimum Gasteiger partial charge on any atom is -0.481 e. The molecule has 1 aromatic carbocycles. The third-order valence-electron chi connectivity index (χ3n) is 3.36. The van der Waals surface area contributed by atoms with Crippen LogP contribution in [0.1, 0.15) is 18.5 Å². The van der Waals surface area contributed by atoms with Crippen LogP contribution in [0.2, 0.25) is 5.02 Å². The summed E-state index contributed by atoms with van der Waals surface area (Å²) in [4.78, 5) is 21.6. The van der Waals surface area contributed by atoms with Crippen LogP contribution >= 0.6 is 11.6 Å². The van der Waals surface area contributed by atoms with Gasteiger partial charge in [-0.2, -0.15) is 0 Å². The fraction of sp³-hybridized carbons (Fsp3) is 0.250. The van der Waals surface area contributed by atoms with Gasteiger partial charge < -0.3 is 14.8 Å². The maximum absolute atomic E-state index is 10.8. The van der Waals surface area contributed by atoms with Gasteiger partial charge in [-0.3, -0.25) is 9.59 Å². The molecule has 0 saturated heterocycles. The Hall–Kier alpha value is -2.27. The average molecular weight is 322 g/mol. The molecule has 0 spiro atoms. The van der Waals surface area contributed by atoms with E-state index in [4.69, 9.17) is 21.8 Å². The Morgan fingerprint density at radius 1 is 0.955 bits per heavy atom. The van der Waals surface area contributed by atoms with Crippen LogP contribution < -0.4 is 0 Å². The molecule has 1 heterocycles. The second-order valence-electron chi connectivity index (χ2n) is 4.91. The van der Waals surface area contributed by atoms with Gasteiger partial charge in [0.25, 0.3) is 0 Å². The highest BCUT2D eigenvalue weighted by atomic mass is 35.5. The normalized spacial score (nSPS) is 10.6. The first kappa shape index (κ1) is 16.1. The van der Waals surface area contributed by atoms with Crippen molar-refractivity contribution in [2.45, 2.75) is 25.8 Å². The highest BCUT2D eigenvalue weighted by molar-refractivity contribution is 6.30. The Balaban J connectivity index is 2.33. The standard InChI is InChI=1S/C16H16ClNO4/c17-12-3-1-11(2-4-12)14-7-5-13(6-8-15(19)20)18(14)10-9-16(21)22/h1-5,7H,6,8-10H2,(H,19,20)(H,21,22). The van der Waals surface area contributed by atoms with Crippen molar-refractivity contribution in [1.29, 1.82) is 0 Å². The van der Waals surface area contributed by atoms with Gasteiger partial charge in [-0.1, -0.05) is 23.7 Å². The molecule has 5 nitrogen and oxygen atoms in total. The molecule has 6 heteroatoms. The van der Waals surface area contributed by atoms with Gasteiger partial charge in [-0.05, 0) is 36.2 Å². The molecular formula is C16H16ClNO4. The van der Waals surface area contributed by atoms with E-state index in [9.17, 15) is 9.59 Å². The first-order chi connectivity index (χ1) is 10.5. The Bertz CT molecular complexity index is 676. The molecule has 1 aromatic heterocycles. The number of halogens is 1. The van der Waals surface area contributed by atoms with Crippen molar-refractivity contribution in [2.24, 2.45) is 0 Å². The molecule has 116 valence electrons. The van der Waals surface area contributed by atoms with Gasteiger partial charge in [-0.25, -0.2) is 0 Å². The first-order valence-corrected chi connectivity index (χ1v) is 7.23. The molecule has 0 bridgehead atoms. The SMILES string of the molecule is O=C(O)CCc1ccc(-c2ccc(Cl)cc2)n1CCC(=O)O. The van der Waals surface area contributed by atoms with E-state index in [-0.39, 0.29) is 12.8 Å². The van der Waals surface area contributed by atoms with Crippen LogP contribution in [-0.2, 0) is 22.6 Å². The van der Waals surface area contributed by atoms with E-state index >= 15 is 0 Å². The van der Waals surface area contributed by atoms with Crippen LogP contribution in [0.4, 0.5) is 0 Å². The van der Waals surface area contributed by atoms with Crippen LogP contribution in [-0.4, -0.2) is 26.7 Å². The van der Waals surface area contributed by atoms with Crippen molar-refractivity contribution in [2.75, 3.05) is 0 Å². The summed E-state index contributed by atoms with van der Waals surface area (Å²) in [5.41, 5.74) is 2.59. The van der Waals surface area contributed by atoms with Crippen molar-refractivity contribution in [3.05, 3.63) is 47.1 Å². The van der Waals surface area contributed by atoms with Crippen molar-refractivity contribution < 1.29 is 19.8 Å². The minimum absolute atomic E-state index is 0.0111. The molecule has 0 saturated carbocycles. The Morgan fingerprint density at radius 3 is 2.18 bits per heavy atom. The number of carbonyl (C=O) groups is 2. The maximum Gasteiger partial charge on any atom is 0.305 e. The Labute approximate surface area is 132 Å². The lowest BCUT2D eigenvalue weighted by molar-refractivity contribution is -0.138. The number of benzene rings is 1. The van der Waals surface area contributed by atoms with Crippen molar-refractivity contribution in [3.8, 4) is 11.3 Å². The van der Waals surface area contributed by atoms with E-state index in [0.717, 1.165) is 17.0 Å². The van der Waals surface area contributed by atoms with Crippen LogP contribution in [0.25, 0.3) is 11.3 Å². The summed E-state index contributed by atoms with van der Waals surface area (Å²) in [6, 6.07) is 11.0. The number of aromatic nitrogens is 1. The number of rotatable bonds is 7.